The summed E-state index contributed by atoms with van der Waals surface area (Å²) in [5, 5.41) is 9.09. The van der Waals surface area contributed by atoms with Crippen molar-refractivity contribution in [2.45, 2.75) is 27.2 Å². The van der Waals surface area contributed by atoms with Gasteiger partial charge in [0.25, 0.3) is 0 Å². The van der Waals surface area contributed by atoms with Gasteiger partial charge in [0.05, 0.1) is 11.6 Å². The van der Waals surface area contributed by atoms with Gasteiger partial charge in [-0.3, -0.25) is 9.69 Å². The number of piperazine rings is 1. The quantitative estimate of drug-likeness (QED) is 0.784. The Kier molecular flexibility index (Phi) is 5.57. The number of hydrogen-bond donors (Lipinski definition) is 0. The molecule has 0 radical (unpaired) electrons. The standard InChI is InChI=1S/C18H25N3O/c1-14(2)6-7-20-8-10-21(11-9-20)18-12-16(13-19)4-5-17(18)15(3)22/h4-5,12,14H,6-11H2,1-3H3. The lowest BCUT2D eigenvalue weighted by molar-refractivity contribution is 0.101. The van der Waals surface area contributed by atoms with Crippen molar-refractivity contribution in [1.82, 2.24) is 4.90 Å². The van der Waals surface area contributed by atoms with Gasteiger partial charge in [0.15, 0.2) is 5.78 Å². The number of Topliss-reactive ketones (excluding diaryl/α,β-unsaturated/α-hetero) is 1. The Morgan fingerprint density at radius 3 is 2.50 bits per heavy atom. The molecule has 0 N–H and O–H groups in total. The molecule has 1 aliphatic heterocycles. The molecule has 0 aliphatic carbocycles. The molecule has 0 bridgehead atoms. The summed E-state index contributed by atoms with van der Waals surface area (Å²) in [5.74, 6) is 0.788. The molecule has 0 amide bonds. The van der Waals surface area contributed by atoms with E-state index in [2.05, 4.69) is 29.7 Å². The maximum Gasteiger partial charge on any atom is 0.161 e. The van der Waals surface area contributed by atoms with E-state index in [9.17, 15) is 4.79 Å². The highest BCUT2D eigenvalue weighted by Crippen LogP contribution is 2.24. The summed E-state index contributed by atoms with van der Waals surface area (Å²) >= 11 is 0. The molecule has 4 nitrogen and oxygen atoms in total. The molecular formula is C18H25N3O. The minimum atomic E-state index is 0.0572. The number of carbonyl (C=O) groups is 1. The Labute approximate surface area is 133 Å². The van der Waals surface area contributed by atoms with Crippen molar-refractivity contribution in [3.63, 3.8) is 0 Å². The molecule has 1 aromatic carbocycles. The SMILES string of the molecule is CC(=O)c1ccc(C#N)cc1N1CCN(CCC(C)C)CC1. The molecule has 0 aromatic heterocycles. The van der Waals surface area contributed by atoms with E-state index in [0.29, 0.717) is 5.56 Å². The summed E-state index contributed by atoms with van der Waals surface area (Å²) in [5.41, 5.74) is 2.24. The first-order valence-electron chi connectivity index (χ1n) is 8.03. The summed E-state index contributed by atoms with van der Waals surface area (Å²) in [7, 11) is 0. The van der Waals surface area contributed by atoms with Crippen LogP contribution in [0.2, 0.25) is 0 Å². The molecule has 2 rings (SSSR count). The molecule has 1 aromatic rings. The van der Waals surface area contributed by atoms with E-state index in [1.54, 1.807) is 19.1 Å². The number of hydrogen-bond acceptors (Lipinski definition) is 4. The van der Waals surface area contributed by atoms with Gasteiger partial charge < -0.3 is 4.90 Å². The first-order valence-corrected chi connectivity index (χ1v) is 8.03. The monoisotopic (exact) mass is 299 g/mol. The lowest BCUT2D eigenvalue weighted by Crippen LogP contribution is -2.47. The van der Waals surface area contributed by atoms with Crippen LogP contribution in [0.5, 0.6) is 0 Å². The maximum atomic E-state index is 11.8. The highest BCUT2D eigenvalue weighted by Gasteiger charge is 2.20. The van der Waals surface area contributed by atoms with E-state index in [0.717, 1.165) is 49.9 Å². The summed E-state index contributed by atoms with van der Waals surface area (Å²) in [4.78, 5) is 16.6. The van der Waals surface area contributed by atoms with Crippen molar-refractivity contribution < 1.29 is 4.79 Å². The lowest BCUT2D eigenvalue weighted by Gasteiger charge is -2.37. The zero-order valence-electron chi connectivity index (χ0n) is 13.8. The number of nitrogens with zero attached hydrogens (tertiary/aromatic N) is 3. The molecular weight excluding hydrogens is 274 g/mol. The van der Waals surface area contributed by atoms with Gasteiger partial charge in [0.2, 0.25) is 0 Å². The highest BCUT2D eigenvalue weighted by atomic mass is 16.1. The van der Waals surface area contributed by atoms with Crippen molar-refractivity contribution in [3.05, 3.63) is 29.3 Å². The predicted molar refractivity (Wildman–Crippen MR) is 89.3 cm³/mol. The zero-order valence-corrected chi connectivity index (χ0v) is 13.8. The molecule has 0 atom stereocenters. The lowest BCUT2D eigenvalue weighted by atomic mass is 10.0. The number of ketones is 1. The second-order valence-corrected chi connectivity index (χ2v) is 6.41. The van der Waals surface area contributed by atoms with Crippen molar-refractivity contribution in [2.75, 3.05) is 37.6 Å². The zero-order chi connectivity index (χ0) is 16.1. The van der Waals surface area contributed by atoms with Crippen LogP contribution in [0.4, 0.5) is 5.69 Å². The average molecular weight is 299 g/mol. The Bertz CT molecular complexity index is 566. The van der Waals surface area contributed by atoms with Gasteiger partial charge in [-0.1, -0.05) is 13.8 Å². The fourth-order valence-corrected chi connectivity index (χ4v) is 2.81. The fourth-order valence-electron chi connectivity index (χ4n) is 2.81. The van der Waals surface area contributed by atoms with Gasteiger partial charge in [-0.2, -0.15) is 5.26 Å². The first kappa shape index (κ1) is 16.5. The number of anilines is 1. The Morgan fingerprint density at radius 1 is 1.27 bits per heavy atom. The highest BCUT2D eigenvalue weighted by molar-refractivity contribution is 6.00. The molecule has 1 saturated heterocycles. The van der Waals surface area contributed by atoms with Crippen LogP contribution in [0.3, 0.4) is 0 Å². The number of rotatable bonds is 5. The summed E-state index contributed by atoms with van der Waals surface area (Å²) in [6, 6.07) is 7.51. The van der Waals surface area contributed by atoms with Crippen molar-refractivity contribution in [3.8, 4) is 6.07 Å². The normalized spacial score (nSPS) is 15.9. The number of benzene rings is 1. The minimum absolute atomic E-state index is 0.0572. The molecule has 1 fully saturated rings. The molecule has 0 saturated carbocycles. The third-order valence-electron chi connectivity index (χ3n) is 4.24. The minimum Gasteiger partial charge on any atom is -0.368 e. The third kappa shape index (κ3) is 4.08. The molecule has 1 heterocycles. The van der Waals surface area contributed by atoms with Crippen LogP contribution in [0.25, 0.3) is 0 Å². The molecule has 0 spiro atoms. The van der Waals surface area contributed by atoms with E-state index >= 15 is 0 Å². The first-order chi connectivity index (χ1) is 10.5. The summed E-state index contributed by atoms with van der Waals surface area (Å²) in [6.07, 6.45) is 1.22. The van der Waals surface area contributed by atoms with Crippen LogP contribution >= 0.6 is 0 Å². The van der Waals surface area contributed by atoms with Gasteiger partial charge in [-0.15, -0.1) is 0 Å². The summed E-state index contributed by atoms with van der Waals surface area (Å²) < 4.78 is 0. The number of nitriles is 1. The topological polar surface area (TPSA) is 47.3 Å². The Hall–Kier alpha value is -1.86. The second-order valence-electron chi connectivity index (χ2n) is 6.41. The molecule has 1 aliphatic rings. The molecule has 4 heteroatoms. The third-order valence-corrected chi connectivity index (χ3v) is 4.24. The van der Waals surface area contributed by atoms with Crippen LogP contribution < -0.4 is 4.90 Å². The van der Waals surface area contributed by atoms with Crippen LogP contribution in [0.15, 0.2) is 18.2 Å². The Morgan fingerprint density at radius 2 is 1.95 bits per heavy atom. The molecule has 22 heavy (non-hydrogen) atoms. The van der Waals surface area contributed by atoms with Crippen molar-refractivity contribution in [1.29, 1.82) is 5.26 Å². The largest absolute Gasteiger partial charge is 0.368 e. The average Bonchev–Trinajstić information content (AvgIpc) is 2.52. The smallest absolute Gasteiger partial charge is 0.161 e. The summed E-state index contributed by atoms with van der Waals surface area (Å²) in [6.45, 7) is 11.1. The van der Waals surface area contributed by atoms with E-state index in [1.807, 2.05) is 6.07 Å². The predicted octanol–water partition coefficient (Wildman–Crippen LogP) is 2.93. The van der Waals surface area contributed by atoms with Crippen LogP contribution in [0, 0.1) is 17.2 Å². The van der Waals surface area contributed by atoms with E-state index < -0.39 is 0 Å². The van der Waals surface area contributed by atoms with Gasteiger partial charge >= 0.3 is 0 Å². The van der Waals surface area contributed by atoms with E-state index in [4.69, 9.17) is 5.26 Å². The van der Waals surface area contributed by atoms with Gasteiger partial charge in [-0.25, -0.2) is 0 Å². The second kappa shape index (κ2) is 7.42. The Balaban J connectivity index is 2.07. The van der Waals surface area contributed by atoms with Gasteiger partial charge in [0, 0.05) is 37.4 Å². The molecule has 0 unspecified atom stereocenters. The van der Waals surface area contributed by atoms with Gasteiger partial charge in [-0.05, 0) is 44.0 Å². The van der Waals surface area contributed by atoms with Gasteiger partial charge in [0.1, 0.15) is 0 Å². The van der Waals surface area contributed by atoms with E-state index in [1.165, 1.54) is 6.42 Å². The van der Waals surface area contributed by atoms with Crippen molar-refractivity contribution in [2.24, 2.45) is 5.92 Å². The van der Waals surface area contributed by atoms with Crippen LogP contribution in [0.1, 0.15) is 43.1 Å². The number of carbonyl (C=O) groups excluding carboxylic acids is 1. The fraction of sp³-hybridized carbons (Fsp3) is 0.556. The van der Waals surface area contributed by atoms with E-state index in [-0.39, 0.29) is 5.78 Å². The van der Waals surface area contributed by atoms with Crippen molar-refractivity contribution >= 4 is 11.5 Å². The van der Waals surface area contributed by atoms with Crippen LogP contribution in [-0.4, -0.2) is 43.4 Å². The maximum absolute atomic E-state index is 11.8. The molecule has 118 valence electrons. The van der Waals surface area contributed by atoms with Crippen LogP contribution in [-0.2, 0) is 0 Å².